The SMILES string of the molecule is CCCOc1ccc(/C=C2\SC(=O)N(CC(=O)Nc3ccc(C)cc3C)C2=O)cc1Br. The molecule has 2 aromatic carbocycles. The summed E-state index contributed by atoms with van der Waals surface area (Å²) in [5.41, 5.74) is 3.41. The topological polar surface area (TPSA) is 75.7 Å². The Labute approximate surface area is 194 Å². The standard InChI is InChI=1S/C23H23BrN2O4S/c1-4-9-30-19-8-6-16(11-17(19)24)12-20-22(28)26(23(29)31-20)13-21(27)25-18-7-5-14(2)10-15(18)3/h5-8,10-12H,4,9,13H2,1-3H3,(H,25,27)/b20-12-. The van der Waals surface area contributed by atoms with E-state index in [0.717, 1.165) is 50.0 Å². The van der Waals surface area contributed by atoms with Gasteiger partial charge in [0.15, 0.2) is 0 Å². The molecule has 31 heavy (non-hydrogen) atoms. The van der Waals surface area contributed by atoms with E-state index in [9.17, 15) is 14.4 Å². The third kappa shape index (κ3) is 5.77. The minimum Gasteiger partial charge on any atom is -0.492 e. The predicted octanol–water partition coefficient (Wildman–Crippen LogP) is 5.53. The number of halogens is 1. The van der Waals surface area contributed by atoms with Gasteiger partial charge in [-0.1, -0.05) is 30.7 Å². The average Bonchev–Trinajstić information content (AvgIpc) is 2.97. The molecule has 2 aromatic rings. The van der Waals surface area contributed by atoms with Gasteiger partial charge in [0.25, 0.3) is 11.1 Å². The van der Waals surface area contributed by atoms with Crippen molar-refractivity contribution in [3.05, 3.63) is 62.5 Å². The first-order valence-electron chi connectivity index (χ1n) is 9.83. The van der Waals surface area contributed by atoms with E-state index >= 15 is 0 Å². The highest BCUT2D eigenvalue weighted by Crippen LogP contribution is 2.34. The van der Waals surface area contributed by atoms with Gasteiger partial charge in [0.1, 0.15) is 12.3 Å². The minimum atomic E-state index is -0.479. The third-order valence-corrected chi connectivity index (χ3v) is 6.07. The molecule has 1 N–H and O–H groups in total. The van der Waals surface area contributed by atoms with Crippen molar-refractivity contribution in [2.45, 2.75) is 27.2 Å². The van der Waals surface area contributed by atoms with Crippen LogP contribution in [0.2, 0.25) is 0 Å². The molecular formula is C23H23BrN2O4S. The molecule has 1 aliphatic rings. The van der Waals surface area contributed by atoms with Crippen LogP contribution in [0.5, 0.6) is 5.75 Å². The Morgan fingerprint density at radius 2 is 1.97 bits per heavy atom. The Kier molecular flexibility index (Phi) is 7.56. The summed E-state index contributed by atoms with van der Waals surface area (Å²) in [4.78, 5) is 38.7. The number of ether oxygens (including phenoxy) is 1. The molecule has 0 atom stereocenters. The van der Waals surface area contributed by atoms with Crippen LogP contribution in [0, 0.1) is 13.8 Å². The van der Waals surface area contributed by atoms with E-state index in [1.165, 1.54) is 0 Å². The van der Waals surface area contributed by atoms with Gasteiger partial charge in [-0.25, -0.2) is 0 Å². The molecule has 6 nitrogen and oxygen atoms in total. The number of imide groups is 1. The lowest BCUT2D eigenvalue weighted by Crippen LogP contribution is -2.36. The molecule has 3 amide bonds. The van der Waals surface area contributed by atoms with Gasteiger partial charge >= 0.3 is 0 Å². The molecule has 1 heterocycles. The number of hydrogen-bond acceptors (Lipinski definition) is 5. The second-order valence-electron chi connectivity index (χ2n) is 7.17. The smallest absolute Gasteiger partial charge is 0.294 e. The normalized spacial score (nSPS) is 15.0. The van der Waals surface area contributed by atoms with Crippen LogP contribution in [0.1, 0.15) is 30.0 Å². The molecule has 1 aliphatic heterocycles. The van der Waals surface area contributed by atoms with Crippen LogP contribution in [0.3, 0.4) is 0 Å². The van der Waals surface area contributed by atoms with Crippen molar-refractivity contribution < 1.29 is 19.1 Å². The molecule has 1 saturated heterocycles. The first-order chi connectivity index (χ1) is 14.8. The number of amides is 3. The van der Waals surface area contributed by atoms with Crippen molar-refractivity contribution in [1.29, 1.82) is 0 Å². The van der Waals surface area contributed by atoms with Crippen LogP contribution < -0.4 is 10.1 Å². The molecule has 0 saturated carbocycles. The summed E-state index contributed by atoms with van der Waals surface area (Å²) in [7, 11) is 0. The van der Waals surface area contributed by atoms with Gasteiger partial charge in [-0.05, 0) is 83.4 Å². The largest absolute Gasteiger partial charge is 0.492 e. The number of aryl methyl sites for hydroxylation is 2. The molecule has 1 fully saturated rings. The fourth-order valence-corrected chi connectivity index (χ4v) is 4.36. The maximum atomic E-state index is 12.7. The molecule has 0 aliphatic carbocycles. The Morgan fingerprint density at radius 1 is 1.19 bits per heavy atom. The van der Waals surface area contributed by atoms with E-state index in [-0.39, 0.29) is 11.4 Å². The summed E-state index contributed by atoms with van der Waals surface area (Å²) in [5, 5.41) is 2.30. The highest BCUT2D eigenvalue weighted by molar-refractivity contribution is 9.10. The summed E-state index contributed by atoms with van der Waals surface area (Å²) in [6.45, 7) is 6.17. The van der Waals surface area contributed by atoms with E-state index in [2.05, 4.69) is 21.2 Å². The maximum Gasteiger partial charge on any atom is 0.294 e. The van der Waals surface area contributed by atoms with Crippen molar-refractivity contribution in [3.8, 4) is 5.75 Å². The number of carbonyl (C=O) groups is 3. The van der Waals surface area contributed by atoms with Crippen LogP contribution in [0.15, 0.2) is 45.8 Å². The number of benzene rings is 2. The Hall–Kier alpha value is -2.58. The second kappa shape index (κ2) is 10.2. The van der Waals surface area contributed by atoms with Crippen molar-refractivity contribution in [1.82, 2.24) is 4.90 Å². The molecule has 0 spiro atoms. The molecule has 0 aromatic heterocycles. The van der Waals surface area contributed by atoms with Gasteiger partial charge in [0, 0.05) is 5.69 Å². The number of hydrogen-bond donors (Lipinski definition) is 1. The molecule has 0 radical (unpaired) electrons. The summed E-state index contributed by atoms with van der Waals surface area (Å²) < 4.78 is 6.39. The average molecular weight is 503 g/mol. The van der Waals surface area contributed by atoms with Crippen LogP contribution in [-0.2, 0) is 9.59 Å². The number of anilines is 1. The van der Waals surface area contributed by atoms with Gasteiger partial charge in [-0.3, -0.25) is 19.3 Å². The lowest BCUT2D eigenvalue weighted by atomic mass is 10.1. The van der Waals surface area contributed by atoms with Crippen LogP contribution in [0.25, 0.3) is 6.08 Å². The van der Waals surface area contributed by atoms with E-state index < -0.39 is 17.1 Å². The van der Waals surface area contributed by atoms with Gasteiger partial charge in [-0.2, -0.15) is 0 Å². The number of rotatable bonds is 7. The summed E-state index contributed by atoms with van der Waals surface area (Å²) in [5.74, 6) is -0.181. The van der Waals surface area contributed by atoms with Gasteiger partial charge < -0.3 is 10.1 Å². The molecular weight excluding hydrogens is 480 g/mol. The molecule has 0 bridgehead atoms. The van der Waals surface area contributed by atoms with Gasteiger partial charge in [0.05, 0.1) is 16.0 Å². The highest BCUT2D eigenvalue weighted by Gasteiger charge is 2.36. The van der Waals surface area contributed by atoms with Crippen molar-refractivity contribution in [2.75, 3.05) is 18.5 Å². The van der Waals surface area contributed by atoms with E-state index in [1.807, 2.05) is 57.2 Å². The van der Waals surface area contributed by atoms with Crippen molar-refractivity contribution in [3.63, 3.8) is 0 Å². The Bertz CT molecular complexity index is 1070. The molecule has 162 valence electrons. The van der Waals surface area contributed by atoms with Crippen molar-refractivity contribution >= 4 is 56.5 Å². The monoisotopic (exact) mass is 502 g/mol. The maximum absolute atomic E-state index is 12.7. The second-order valence-corrected chi connectivity index (χ2v) is 9.02. The van der Waals surface area contributed by atoms with Crippen LogP contribution in [-0.4, -0.2) is 35.1 Å². The first kappa shape index (κ1) is 23.1. The van der Waals surface area contributed by atoms with Crippen LogP contribution in [0.4, 0.5) is 10.5 Å². The van der Waals surface area contributed by atoms with E-state index in [4.69, 9.17) is 4.74 Å². The number of nitrogens with zero attached hydrogens (tertiary/aromatic N) is 1. The first-order valence-corrected chi connectivity index (χ1v) is 11.4. The highest BCUT2D eigenvalue weighted by atomic mass is 79.9. The quantitative estimate of drug-likeness (QED) is 0.503. The summed E-state index contributed by atoms with van der Waals surface area (Å²) in [6, 6.07) is 11.1. The minimum absolute atomic E-state index is 0.276. The van der Waals surface area contributed by atoms with Gasteiger partial charge in [0.2, 0.25) is 5.91 Å². The van der Waals surface area contributed by atoms with E-state index in [1.54, 1.807) is 6.08 Å². The van der Waals surface area contributed by atoms with Gasteiger partial charge in [-0.15, -0.1) is 0 Å². The lowest BCUT2D eigenvalue weighted by Gasteiger charge is -2.14. The fourth-order valence-electron chi connectivity index (χ4n) is 3.01. The summed E-state index contributed by atoms with van der Waals surface area (Å²) in [6.07, 6.45) is 2.54. The zero-order chi connectivity index (χ0) is 22.5. The lowest BCUT2D eigenvalue weighted by molar-refractivity contribution is -0.127. The Balaban J connectivity index is 1.68. The number of thioether (sulfide) groups is 1. The number of carbonyl (C=O) groups excluding carboxylic acids is 3. The predicted molar refractivity (Wildman–Crippen MR) is 127 cm³/mol. The molecule has 3 rings (SSSR count). The fraction of sp³-hybridized carbons (Fsp3) is 0.261. The molecule has 0 unspecified atom stereocenters. The van der Waals surface area contributed by atoms with E-state index in [0.29, 0.717) is 12.3 Å². The molecule has 8 heteroatoms. The summed E-state index contributed by atoms with van der Waals surface area (Å²) >= 11 is 4.29. The third-order valence-electron chi connectivity index (χ3n) is 4.55. The van der Waals surface area contributed by atoms with Crippen LogP contribution >= 0.6 is 27.7 Å². The zero-order valence-corrected chi connectivity index (χ0v) is 19.9. The number of nitrogens with one attached hydrogen (secondary N) is 1. The Morgan fingerprint density at radius 3 is 2.65 bits per heavy atom. The van der Waals surface area contributed by atoms with Crippen molar-refractivity contribution in [2.24, 2.45) is 0 Å². The zero-order valence-electron chi connectivity index (χ0n) is 17.5.